The zero-order valence-electron chi connectivity index (χ0n) is 22.2. The van der Waals surface area contributed by atoms with Crippen LogP contribution in [0.5, 0.6) is 5.75 Å². The number of hydrogen-bond acceptors (Lipinski definition) is 7. The number of aliphatic hydroxyl groups excluding tert-OH is 4. The molecule has 4 N–H and O–H groups in total. The summed E-state index contributed by atoms with van der Waals surface area (Å²) in [6.45, 7) is -0.650. The topological polar surface area (TPSA) is 120 Å². The van der Waals surface area contributed by atoms with Crippen molar-refractivity contribution in [2.45, 2.75) is 55.8 Å². The number of aliphatic hydroxyl groups is 4. The van der Waals surface area contributed by atoms with Crippen molar-refractivity contribution in [2.24, 2.45) is 5.92 Å². The van der Waals surface area contributed by atoms with E-state index in [4.69, 9.17) is 9.47 Å². The number of β-lactam (4-membered cyclic amide) rings is 1. The molecular formula is C31H33F2NO7. The number of benzene rings is 3. The molecule has 0 aliphatic carbocycles. The van der Waals surface area contributed by atoms with Crippen LogP contribution in [0.1, 0.15) is 30.0 Å². The Morgan fingerprint density at radius 2 is 1.41 bits per heavy atom. The monoisotopic (exact) mass is 569 g/mol. The molecule has 0 spiro atoms. The Morgan fingerprint density at radius 3 is 2.05 bits per heavy atom. The lowest BCUT2D eigenvalue weighted by atomic mass is 9.78. The summed E-state index contributed by atoms with van der Waals surface area (Å²) in [7, 11) is 0. The summed E-state index contributed by atoms with van der Waals surface area (Å²) < 4.78 is 38.1. The van der Waals surface area contributed by atoms with Gasteiger partial charge in [-0.2, -0.15) is 0 Å². The molecular weight excluding hydrogens is 536 g/mol. The molecule has 0 aromatic heterocycles. The second-order valence-corrected chi connectivity index (χ2v) is 10.5. The zero-order chi connectivity index (χ0) is 29.1. The minimum atomic E-state index is -1.48. The number of rotatable bonds is 10. The Balaban J connectivity index is 1.27. The van der Waals surface area contributed by atoms with Gasteiger partial charge in [0.25, 0.3) is 0 Å². The maximum absolute atomic E-state index is 13.6. The maximum Gasteiger partial charge on any atom is 0.233 e. The number of carbonyl (C=O) groups is 1. The standard InChI is InChI=1S/C31H33F2NO7/c32-20-8-4-18(5-9-20)2-1-3-24-27(34(31(24)39)22-12-10-21(33)11-13-22)19-6-14-23(15-7-19)40-17-26-29(37)30(38)28(36)25(16-35)41-26/h4-15,24-30,35-38H,1-3,16-17H2/t24-,25+,26+,27+,28+,29-,30-/m0/s1. The molecule has 2 aliphatic heterocycles. The third kappa shape index (κ3) is 6.27. The first-order chi connectivity index (χ1) is 19.8. The van der Waals surface area contributed by atoms with E-state index in [9.17, 15) is 34.0 Å². The van der Waals surface area contributed by atoms with E-state index in [-0.39, 0.29) is 30.3 Å². The molecule has 5 rings (SSSR count). The van der Waals surface area contributed by atoms with Gasteiger partial charge in [0.05, 0.1) is 18.6 Å². The molecule has 218 valence electrons. The number of amides is 1. The van der Waals surface area contributed by atoms with E-state index in [1.54, 1.807) is 41.3 Å². The lowest BCUT2D eigenvalue weighted by Gasteiger charge is -2.47. The Hall–Kier alpha value is -3.41. The van der Waals surface area contributed by atoms with Gasteiger partial charge < -0.3 is 34.8 Å². The molecule has 2 heterocycles. The first-order valence-electron chi connectivity index (χ1n) is 13.6. The van der Waals surface area contributed by atoms with Gasteiger partial charge in [0.1, 0.15) is 54.5 Å². The van der Waals surface area contributed by atoms with Gasteiger partial charge in [-0.25, -0.2) is 8.78 Å². The summed E-state index contributed by atoms with van der Waals surface area (Å²) in [6, 6.07) is 18.9. The zero-order valence-corrected chi connectivity index (χ0v) is 22.2. The Morgan fingerprint density at radius 1 is 0.805 bits per heavy atom. The van der Waals surface area contributed by atoms with Gasteiger partial charge in [0.15, 0.2) is 0 Å². The third-order valence-electron chi connectivity index (χ3n) is 7.84. The van der Waals surface area contributed by atoms with Gasteiger partial charge in [-0.05, 0) is 78.9 Å². The Labute approximate surface area is 236 Å². The van der Waals surface area contributed by atoms with Crippen molar-refractivity contribution >= 4 is 11.6 Å². The molecule has 2 saturated heterocycles. The molecule has 7 atom stereocenters. The number of aryl methyl sites for hydroxylation is 1. The number of hydrogen-bond donors (Lipinski definition) is 4. The van der Waals surface area contributed by atoms with Crippen LogP contribution < -0.4 is 9.64 Å². The van der Waals surface area contributed by atoms with Crippen LogP contribution in [0.15, 0.2) is 72.8 Å². The summed E-state index contributed by atoms with van der Waals surface area (Å²) in [4.78, 5) is 14.9. The minimum absolute atomic E-state index is 0.0522. The number of halogens is 2. The van der Waals surface area contributed by atoms with Crippen LogP contribution in [0.4, 0.5) is 14.5 Å². The average molecular weight is 570 g/mol. The number of ether oxygens (including phenoxy) is 2. The van der Waals surface area contributed by atoms with Gasteiger partial charge in [-0.15, -0.1) is 0 Å². The fourth-order valence-corrected chi connectivity index (χ4v) is 5.53. The van der Waals surface area contributed by atoms with E-state index in [1.807, 2.05) is 12.1 Å². The smallest absolute Gasteiger partial charge is 0.233 e. The van der Waals surface area contributed by atoms with Gasteiger partial charge >= 0.3 is 0 Å². The molecule has 3 aromatic carbocycles. The second kappa shape index (κ2) is 12.6. The van der Waals surface area contributed by atoms with Crippen LogP contribution in [0.3, 0.4) is 0 Å². The predicted molar refractivity (Wildman–Crippen MR) is 145 cm³/mol. The molecule has 0 saturated carbocycles. The lowest BCUT2D eigenvalue weighted by molar-refractivity contribution is -0.234. The molecule has 3 aromatic rings. The number of nitrogens with zero attached hydrogens (tertiary/aromatic N) is 1. The van der Waals surface area contributed by atoms with Crippen LogP contribution in [0.25, 0.3) is 0 Å². The second-order valence-electron chi connectivity index (χ2n) is 10.5. The minimum Gasteiger partial charge on any atom is -0.491 e. The summed E-state index contributed by atoms with van der Waals surface area (Å²) in [5, 5.41) is 39.6. The van der Waals surface area contributed by atoms with Crippen molar-refractivity contribution in [3.8, 4) is 5.75 Å². The van der Waals surface area contributed by atoms with Crippen LogP contribution >= 0.6 is 0 Å². The highest BCUT2D eigenvalue weighted by molar-refractivity contribution is 6.03. The van der Waals surface area contributed by atoms with Crippen LogP contribution in [-0.2, 0) is 16.0 Å². The maximum atomic E-state index is 13.6. The summed E-state index contributed by atoms with van der Waals surface area (Å²) in [6.07, 6.45) is -4.24. The normalized spacial score (nSPS) is 27.9. The highest BCUT2D eigenvalue weighted by Gasteiger charge is 2.48. The average Bonchev–Trinajstić information content (AvgIpc) is 2.98. The first kappa shape index (κ1) is 29.1. The van der Waals surface area contributed by atoms with E-state index >= 15 is 0 Å². The van der Waals surface area contributed by atoms with Crippen molar-refractivity contribution in [1.82, 2.24) is 0 Å². The molecule has 1 amide bonds. The summed E-state index contributed by atoms with van der Waals surface area (Å²) >= 11 is 0. The third-order valence-corrected chi connectivity index (χ3v) is 7.84. The molecule has 0 unspecified atom stereocenters. The molecule has 8 nitrogen and oxygen atoms in total. The highest BCUT2D eigenvalue weighted by atomic mass is 19.1. The van der Waals surface area contributed by atoms with Crippen molar-refractivity contribution < 1.29 is 43.5 Å². The quantitative estimate of drug-likeness (QED) is 0.277. The lowest BCUT2D eigenvalue weighted by Crippen LogP contribution is -2.59. The molecule has 2 aliphatic rings. The predicted octanol–water partition coefficient (Wildman–Crippen LogP) is 2.91. The largest absolute Gasteiger partial charge is 0.491 e. The van der Waals surface area contributed by atoms with Gasteiger partial charge in [0.2, 0.25) is 5.91 Å². The highest BCUT2D eigenvalue weighted by Crippen LogP contribution is 2.46. The van der Waals surface area contributed by atoms with Crippen LogP contribution in [0.2, 0.25) is 0 Å². The SMILES string of the molecule is O=C1[C@@H](CCCc2ccc(F)cc2)[C@@H](c2ccc(OC[C@H]3O[C@H](CO)[C@@H](O)[C@H](O)[C@H]3O)cc2)N1c1ccc(F)cc1. The fourth-order valence-electron chi connectivity index (χ4n) is 5.53. The van der Waals surface area contributed by atoms with E-state index in [0.717, 1.165) is 17.5 Å². The summed E-state index contributed by atoms with van der Waals surface area (Å²) in [5.41, 5.74) is 2.45. The number of carbonyl (C=O) groups excluding carboxylic acids is 1. The van der Waals surface area contributed by atoms with Gasteiger partial charge in [-0.3, -0.25) is 4.79 Å². The van der Waals surface area contributed by atoms with E-state index < -0.39 is 42.9 Å². The molecule has 0 bridgehead atoms. The van der Waals surface area contributed by atoms with Crippen LogP contribution in [0, 0.1) is 17.6 Å². The van der Waals surface area contributed by atoms with Crippen molar-refractivity contribution in [3.05, 3.63) is 95.6 Å². The van der Waals surface area contributed by atoms with Crippen molar-refractivity contribution in [3.63, 3.8) is 0 Å². The van der Waals surface area contributed by atoms with Crippen molar-refractivity contribution in [2.75, 3.05) is 18.1 Å². The Bertz CT molecular complexity index is 1300. The van der Waals surface area contributed by atoms with E-state index in [2.05, 4.69) is 0 Å². The number of anilines is 1. The molecule has 10 heteroatoms. The van der Waals surface area contributed by atoms with Gasteiger partial charge in [0, 0.05) is 5.69 Å². The summed E-state index contributed by atoms with van der Waals surface area (Å²) in [5.74, 6) is -0.573. The van der Waals surface area contributed by atoms with Gasteiger partial charge in [-0.1, -0.05) is 24.3 Å². The van der Waals surface area contributed by atoms with Crippen LogP contribution in [-0.4, -0.2) is 70.1 Å². The molecule has 41 heavy (non-hydrogen) atoms. The van der Waals surface area contributed by atoms with E-state index in [0.29, 0.717) is 24.3 Å². The Kier molecular flexibility index (Phi) is 8.96. The molecule has 0 radical (unpaired) electrons. The molecule has 2 fully saturated rings. The van der Waals surface area contributed by atoms with E-state index in [1.165, 1.54) is 24.3 Å². The fraction of sp³-hybridized carbons (Fsp3) is 0.387. The van der Waals surface area contributed by atoms with Crippen molar-refractivity contribution in [1.29, 1.82) is 0 Å². The first-order valence-corrected chi connectivity index (χ1v) is 13.6.